The molecule has 1 aromatic heterocycles. The zero-order valence-corrected chi connectivity index (χ0v) is 16.9. The van der Waals surface area contributed by atoms with Gasteiger partial charge in [-0.15, -0.1) is 0 Å². The predicted octanol–water partition coefficient (Wildman–Crippen LogP) is 3.56. The van der Waals surface area contributed by atoms with Crippen LogP contribution in [0.3, 0.4) is 0 Å². The van der Waals surface area contributed by atoms with Gasteiger partial charge in [0.15, 0.2) is 0 Å². The number of ether oxygens (including phenoxy) is 1. The summed E-state index contributed by atoms with van der Waals surface area (Å²) in [5.74, 6) is 1.20. The second-order valence-corrected chi connectivity index (χ2v) is 7.97. The molecule has 29 heavy (non-hydrogen) atoms. The van der Waals surface area contributed by atoms with Gasteiger partial charge in [0, 0.05) is 43.7 Å². The van der Waals surface area contributed by atoms with Crippen molar-refractivity contribution in [2.45, 2.75) is 38.7 Å². The Kier molecular flexibility index (Phi) is 6.24. The predicted molar refractivity (Wildman–Crippen MR) is 115 cm³/mol. The van der Waals surface area contributed by atoms with Crippen molar-refractivity contribution in [3.63, 3.8) is 0 Å². The largest absolute Gasteiger partial charge is 0.376 e. The maximum atomic E-state index is 12.6. The van der Waals surface area contributed by atoms with Gasteiger partial charge in [0.1, 0.15) is 17.8 Å². The molecule has 1 amide bonds. The quantitative estimate of drug-likeness (QED) is 0.779. The summed E-state index contributed by atoms with van der Waals surface area (Å²) in [5, 5.41) is 6.15. The zero-order valence-electron chi connectivity index (χ0n) is 16.9. The van der Waals surface area contributed by atoms with Crippen LogP contribution in [0, 0.1) is 5.92 Å². The van der Waals surface area contributed by atoms with Crippen LogP contribution in [0.15, 0.2) is 36.7 Å². The summed E-state index contributed by atoms with van der Waals surface area (Å²) in [6.07, 6.45) is 6.24. The Balaban J connectivity index is 1.33. The minimum Gasteiger partial charge on any atom is -0.376 e. The van der Waals surface area contributed by atoms with E-state index in [2.05, 4.69) is 44.6 Å². The highest BCUT2D eigenvalue weighted by molar-refractivity contribution is 6.03. The minimum atomic E-state index is -0.243. The Labute approximate surface area is 171 Å². The van der Waals surface area contributed by atoms with E-state index in [1.807, 2.05) is 12.1 Å². The number of amides is 1. The van der Waals surface area contributed by atoms with Gasteiger partial charge < -0.3 is 20.3 Å². The monoisotopic (exact) mass is 395 g/mol. The first-order chi connectivity index (χ1) is 14.2. The zero-order chi connectivity index (χ0) is 20.1. The molecule has 1 aromatic carbocycles. The maximum Gasteiger partial charge on any atom is 0.274 e. The van der Waals surface area contributed by atoms with E-state index in [1.165, 1.54) is 24.9 Å². The summed E-state index contributed by atoms with van der Waals surface area (Å²) in [6, 6.07) is 9.71. The number of carbonyl (C=O) groups is 1. The first-order valence-corrected chi connectivity index (χ1v) is 10.5. The van der Waals surface area contributed by atoms with Crippen LogP contribution in [0.4, 0.5) is 17.2 Å². The van der Waals surface area contributed by atoms with E-state index in [4.69, 9.17) is 4.74 Å². The first-order valence-electron chi connectivity index (χ1n) is 10.5. The van der Waals surface area contributed by atoms with Gasteiger partial charge >= 0.3 is 0 Å². The summed E-state index contributed by atoms with van der Waals surface area (Å²) < 4.78 is 5.60. The smallest absolute Gasteiger partial charge is 0.274 e. The van der Waals surface area contributed by atoms with Crippen LogP contribution in [-0.2, 0) is 4.74 Å². The summed E-state index contributed by atoms with van der Waals surface area (Å²) in [7, 11) is 0. The van der Waals surface area contributed by atoms with Crippen LogP contribution in [0.5, 0.6) is 0 Å². The SMILES string of the molecule is CC1CCN(c2ccc(NC(=O)c3cc(NCC4CCCO4)ncn3)cc2)CC1. The normalized spacial score (nSPS) is 19.9. The number of hydrogen-bond donors (Lipinski definition) is 2. The summed E-state index contributed by atoms with van der Waals surface area (Å²) >= 11 is 0. The third kappa shape index (κ3) is 5.23. The standard InChI is InChI=1S/C22H29N5O2/c1-16-8-10-27(11-9-16)18-6-4-17(5-7-18)26-22(28)20-13-21(25-15-24-20)23-14-19-3-2-12-29-19/h4-7,13,15-16,19H,2-3,8-12,14H2,1H3,(H,26,28)(H,23,24,25). The molecule has 2 N–H and O–H groups in total. The Morgan fingerprint density at radius 3 is 2.69 bits per heavy atom. The van der Waals surface area contributed by atoms with Crippen molar-refractivity contribution in [2.75, 3.05) is 41.8 Å². The van der Waals surface area contributed by atoms with Gasteiger partial charge in [0.05, 0.1) is 6.10 Å². The molecule has 2 aromatic rings. The second kappa shape index (κ2) is 9.22. The molecule has 2 aliphatic heterocycles. The Hall–Kier alpha value is -2.67. The average molecular weight is 396 g/mol. The van der Waals surface area contributed by atoms with Crippen molar-refractivity contribution < 1.29 is 9.53 Å². The molecule has 0 radical (unpaired) electrons. The van der Waals surface area contributed by atoms with Crippen LogP contribution in [-0.4, -0.2) is 48.2 Å². The highest BCUT2D eigenvalue weighted by Crippen LogP contribution is 2.24. The molecule has 4 rings (SSSR count). The Bertz CT molecular complexity index is 812. The highest BCUT2D eigenvalue weighted by atomic mass is 16.5. The Morgan fingerprint density at radius 2 is 1.97 bits per heavy atom. The molecule has 0 bridgehead atoms. The maximum absolute atomic E-state index is 12.6. The number of piperidine rings is 1. The van der Waals surface area contributed by atoms with Crippen LogP contribution in [0.25, 0.3) is 0 Å². The molecule has 7 heteroatoms. The lowest BCUT2D eigenvalue weighted by atomic mass is 9.99. The fourth-order valence-electron chi connectivity index (χ4n) is 3.82. The minimum absolute atomic E-state index is 0.212. The van der Waals surface area contributed by atoms with Gasteiger partial charge in [-0.25, -0.2) is 9.97 Å². The molecule has 2 aliphatic rings. The van der Waals surface area contributed by atoms with Crippen LogP contribution in [0.2, 0.25) is 0 Å². The van der Waals surface area contributed by atoms with E-state index in [0.29, 0.717) is 18.1 Å². The molecule has 2 fully saturated rings. The number of nitrogens with zero attached hydrogens (tertiary/aromatic N) is 3. The number of nitrogens with one attached hydrogen (secondary N) is 2. The third-order valence-electron chi connectivity index (χ3n) is 5.71. The number of hydrogen-bond acceptors (Lipinski definition) is 6. The summed E-state index contributed by atoms with van der Waals surface area (Å²) in [4.78, 5) is 23.3. The van der Waals surface area contributed by atoms with Crippen molar-refractivity contribution in [2.24, 2.45) is 5.92 Å². The van der Waals surface area contributed by atoms with Gasteiger partial charge in [0.25, 0.3) is 5.91 Å². The van der Waals surface area contributed by atoms with Crippen molar-refractivity contribution >= 4 is 23.1 Å². The molecular weight excluding hydrogens is 366 g/mol. The van der Waals surface area contributed by atoms with E-state index in [-0.39, 0.29) is 12.0 Å². The van der Waals surface area contributed by atoms with E-state index >= 15 is 0 Å². The van der Waals surface area contributed by atoms with Gasteiger partial charge in [-0.2, -0.15) is 0 Å². The molecular formula is C22H29N5O2. The first kappa shape index (κ1) is 19.6. The number of anilines is 3. The molecule has 2 saturated heterocycles. The number of rotatable bonds is 6. The van der Waals surface area contributed by atoms with Gasteiger partial charge in [-0.05, 0) is 55.9 Å². The van der Waals surface area contributed by atoms with Crippen LogP contribution >= 0.6 is 0 Å². The molecule has 0 spiro atoms. The average Bonchev–Trinajstić information content (AvgIpc) is 3.27. The third-order valence-corrected chi connectivity index (χ3v) is 5.71. The van der Waals surface area contributed by atoms with Crippen LogP contribution in [0.1, 0.15) is 43.1 Å². The van der Waals surface area contributed by atoms with Crippen molar-refractivity contribution in [3.8, 4) is 0 Å². The molecule has 3 heterocycles. The van der Waals surface area contributed by atoms with E-state index in [9.17, 15) is 4.79 Å². The molecule has 154 valence electrons. The van der Waals surface area contributed by atoms with E-state index < -0.39 is 0 Å². The topological polar surface area (TPSA) is 79.4 Å². The molecule has 1 atom stereocenters. The lowest BCUT2D eigenvalue weighted by Gasteiger charge is -2.32. The number of benzene rings is 1. The lowest BCUT2D eigenvalue weighted by molar-refractivity contribution is 0.102. The lowest BCUT2D eigenvalue weighted by Crippen LogP contribution is -2.32. The summed E-state index contributed by atoms with van der Waals surface area (Å²) in [6.45, 7) is 6.01. The fourth-order valence-corrected chi connectivity index (χ4v) is 3.82. The van der Waals surface area contributed by atoms with Crippen molar-refractivity contribution in [3.05, 3.63) is 42.4 Å². The number of aromatic nitrogens is 2. The molecule has 1 unspecified atom stereocenters. The fraction of sp³-hybridized carbons (Fsp3) is 0.500. The number of carbonyl (C=O) groups excluding carboxylic acids is 1. The second-order valence-electron chi connectivity index (χ2n) is 7.97. The highest BCUT2D eigenvalue weighted by Gasteiger charge is 2.17. The van der Waals surface area contributed by atoms with Gasteiger partial charge in [-0.1, -0.05) is 6.92 Å². The van der Waals surface area contributed by atoms with Crippen molar-refractivity contribution in [1.29, 1.82) is 0 Å². The molecule has 0 aliphatic carbocycles. The van der Waals surface area contributed by atoms with E-state index in [0.717, 1.165) is 44.1 Å². The van der Waals surface area contributed by atoms with Gasteiger partial charge in [0.2, 0.25) is 0 Å². The van der Waals surface area contributed by atoms with Gasteiger partial charge in [-0.3, -0.25) is 4.79 Å². The van der Waals surface area contributed by atoms with E-state index in [1.54, 1.807) is 6.07 Å². The van der Waals surface area contributed by atoms with Crippen LogP contribution < -0.4 is 15.5 Å². The van der Waals surface area contributed by atoms with Crippen molar-refractivity contribution in [1.82, 2.24) is 9.97 Å². The molecule has 0 saturated carbocycles. The Morgan fingerprint density at radius 1 is 1.17 bits per heavy atom. The molecule has 7 nitrogen and oxygen atoms in total. The summed E-state index contributed by atoms with van der Waals surface area (Å²) in [5.41, 5.74) is 2.30.